The predicted octanol–water partition coefficient (Wildman–Crippen LogP) is 0.584. The quantitative estimate of drug-likeness (QED) is 0.816. The summed E-state index contributed by atoms with van der Waals surface area (Å²) in [5, 5.41) is 6.61. The van der Waals surface area contributed by atoms with Crippen molar-refractivity contribution in [3.05, 3.63) is 12.3 Å². The van der Waals surface area contributed by atoms with Crippen LogP contribution < -0.4 is 4.72 Å². The first-order chi connectivity index (χ1) is 7.18. The highest BCUT2D eigenvalue weighted by atomic mass is 32.2. The molecule has 2 rings (SSSR count). The first kappa shape index (κ1) is 11.0. The summed E-state index contributed by atoms with van der Waals surface area (Å²) in [5.41, 5.74) is 0. The second kappa shape index (κ2) is 4.54. The van der Waals surface area contributed by atoms with Gasteiger partial charge in [0.2, 0.25) is 0 Å². The minimum absolute atomic E-state index is 0.130. The van der Waals surface area contributed by atoms with E-state index in [9.17, 15) is 8.42 Å². The lowest BCUT2D eigenvalue weighted by atomic mass is 10.2. The molecule has 0 amide bonds. The number of nitrogens with one attached hydrogen (secondary N) is 2. The topological polar surface area (TPSA) is 74.8 Å². The average Bonchev–Trinajstić information content (AvgIpc) is 2.88. The first-order valence-corrected chi connectivity index (χ1v) is 7.32. The molecular weight excluding hydrogens is 234 g/mol. The molecule has 1 aliphatic heterocycles. The summed E-state index contributed by atoms with van der Waals surface area (Å²) in [4.78, 5) is 0. The molecule has 1 unspecified atom stereocenters. The van der Waals surface area contributed by atoms with Crippen molar-refractivity contribution in [1.29, 1.82) is 0 Å². The van der Waals surface area contributed by atoms with Crippen LogP contribution in [-0.4, -0.2) is 36.2 Å². The van der Waals surface area contributed by atoms with Gasteiger partial charge in [0.1, 0.15) is 0 Å². The van der Waals surface area contributed by atoms with E-state index in [2.05, 4.69) is 14.9 Å². The number of aromatic nitrogens is 2. The van der Waals surface area contributed by atoms with Crippen LogP contribution in [0, 0.1) is 0 Å². The van der Waals surface area contributed by atoms with Crippen LogP contribution in [0.15, 0.2) is 17.3 Å². The van der Waals surface area contributed by atoms with E-state index in [-0.39, 0.29) is 5.03 Å². The Bertz CT molecular complexity index is 396. The Morgan fingerprint density at radius 2 is 2.53 bits per heavy atom. The minimum Gasteiger partial charge on any atom is -0.266 e. The Morgan fingerprint density at radius 1 is 1.67 bits per heavy atom. The average molecular weight is 247 g/mol. The van der Waals surface area contributed by atoms with Gasteiger partial charge in [-0.2, -0.15) is 16.9 Å². The van der Waals surface area contributed by atoms with Gasteiger partial charge in [-0.15, -0.1) is 0 Å². The number of thioether (sulfide) groups is 1. The standard InChI is InChI=1S/C8H13N3O2S2/c12-15(13,8-3-4-9-11-8)10-6-7-2-1-5-14-7/h3-4,7,10H,1-2,5-6H2,(H,9,11). The molecule has 1 saturated heterocycles. The van der Waals surface area contributed by atoms with E-state index < -0.39 is 10.0 Å². The largest absolute Gasteiger partial charge is 0.266 e. The highest BCUT2D eigenvalue weighted by molar-refractivity contribution is 8.00. The normalized spacial score (nSPS) is 22.0. The molecule has 15 heavy (non-hydrogen) atoms. The third kappa shape index (κ3) is 2.73. The molecule has 1 atom stereocenters. The number of sulfonamides is 1. The van der Waals surface area contributed by atoms with Crippen LogP contribution in [-0.2, 0) is 10.0 Å². The van der Waals surface area contributed by atoms with Crippen LogP contribution in [0.3, 0.4) is 0 Å². The Labute approximate surface area is 93.1 Å². The van der Waals surface area contributed by atoms with Crippen LogP contribution in [0.1, 0.15) is 12.8 Å². The van der Waals surface area contributed by atoms with Crippen LogP contribution in [0.2, 0.25) is 0 Å². The number of hydrogen-bond acceptors (Lipinski definition) is 4. The lowest BCUT2D eigenvalue weighted by molar-refractivity contribution is 0.575. The van der Waals surface area contributed by atoms with Gasteiger partial charge in [0, 0.05) is 11.8 Å². The fourth-order valence-corrected chi connectivity index (χ4v) is 3.77. The van der Waals surface area contributed by atoms with E-state index in [0.717, 1.165) is 12.2 Å². The molecule has 1 aliphatic rings. The predicted molar refractivity (Wildman–Crippen MR) is 59.3 cm³/mol. The zero-order valence-electron chi connectivity index (χ0n) is 8.14. The second-order valence-corrected chi connectivity index (χ2v) is 6.55. The van der Waals surface area contributed by atoms with Crippen molar-refractivity contribution in [2.75, 3.05) is 12.3 Å². The molecule has 84 valence electrons. The van der Waals surface area contributed by atoms with Crippen molar-refractivity contribution in [3.8, 4) is 0 Å². The van der Waals surface area contributed by atoms with Crippen LogP contribution >= 0.6 is 11.8 Å². The molecule has 0 saturated carbocycles. The minimum atomic E-state index is -3.39. The summed E-state index contributed by atoms with van der Waals surface area (Å²) in [7, 11) is -3.39. The third-order valence-corrected chi connectivity index (χ3v) is 5.04. The zero-order valence-corrected chi connectivity index (χ0v) is 9.77. The number of rotatable bonds is 4. The van der Waals surface area contributed by atoms with E-state index in [1.807, 2.05) is 11.8 Å². The highest BCUT2D eigenvalue weighted by Crippen LogP contribution is 2.25. The molecule has 2 heterocycles. The Morgan fingerprint density at radius 3 is 3.13 bits per heavy atom. The van der Waals surface area contributed by atoms with Gasteiger partial charge in [0.25, 0.3) is 10.0 Å². The molecule has 7 heteroatoms. The smallest absolute Gasteiger partial charge is 0.257 e. The Kier molecular flexibility index (Phi) is 3.32. The van der Waals surface area contributed by atoms with Crippen LogP contribution in [0.4, 0.5) is 0 Å². The van der Waals surface area contributed by atoms with Gasteiger partial charge < -0.3 is 0 Å². The second-order valence-electron chi connectivity index (χ2n) is 3.41. The highest BCUT2D eigenvalue weighted by Gasteiger charge is 2.20. The van der Waals surface area contributed by atoms with Crippen LogP contribution in [0.25, 0.3) is 0 Å². The fourth-order valence-electron chi connectivity index (χ4n) is 1.48. The van der Waals surface area contributed by atoms with E-state index in [4.69, 9.17) is 0 Å². The van der Waals surface area contributed by atoms with Gasteiger partial charge in [0.05, 0.1) is 6.20 Å². The van der Waals surface area contributed by atoms with Gasteiger partial charge in [-0.3, -0.25) is 5.10 Å². The maximum Gasteiger partial charge on any atom is 0.257 e. The third-order valence-electron chi connectivity index (χ3n) is 2.29. The SMILES string of the molecule is O=S(=O)(NCC1CCCS1)c1ccn[nH]1. The summed E-state index contributed by atoms with van der Waals surface area (Å²) in [6.07, 6.45) is 3.70. The van der Waals surface area contributed by atoms with Crippen molar-refractivity contribution in [2.24, 2.45) is 0 Å². The van der Waals surface area contributed by atoms with E-state index in [1.54, 1.807) is 0 Å². The maximum absolute atomic E-state index is 11.7. The molecule has 0 spiro atoms. The van der Waals surface area contributed by atoms with E-state index >= 15 is 0 Å². The zero-order chi connectivity index (χ0) is 10.7. The molecule has 0 aromatic carbocycles. The lowest BCUT2D eigenvalue weighted by Gasteiger charge is -2.09. The molecule has 1 fully saturated rings. The van der Waals surface area contributed by atoms with Crippen molar-refractivity contribution in [3.63, 3.8) is 0 Å². The summed E-state index contributed by atoms with van der Waals surface area (Å²) in [5.74, 6) is 1.14. The number of hydrogen-bond donors (Lipinski definition) is 2. The molecule has 1 aromatic heterocycles. The van der Waals surface area contributed by atoms with Crippen LogP contribution in [0.5, 0.6) is 0 Å². The lowest BCUT2D eigenvalue weighted by Crippen LogP contribution is -2.30. The monoisotopic (exact) mass is 247 g/mol. The summed E-state index contributed by atoms with van der Waals surface area (Å²) >= 11 is 1.83. The molecule has 0 bridgehead atoms. The molecule has 0 aliphatic carbocycles. The summed E-state index contributed by atoms with van der Waals surface area (Å²) < 4.78 is 25.9. The number of H-pyrrole nitrogens is 1. The summed E-state index contributed by atoms with van der Waals surface area (Å²) in [6, 6.07) is 1.45. The van der Waals surface area contributed by atoms with E-state index in [0.29, 0.717) is 11.8 Å². The van der Waals surface area contributed by atoms with Gasteiger partial charge in [-0.25, -0.2) is 13.1 Å². The Balaban J connectivity index is 1.93. The molecule has 0 radical (unpaired) electrons. The van der Waals surface area contributed by atoms with Crippen molar-refractivity contribution < 1.29 is 8.42 Å². The van der Waals surface area contributed by atoms with Gasteiger partial charge in [-0.1, -0.05) is 0 Å². The summed E-state index contributed by atoms with van der Waals surface area (Å²) in [6.45, 7) is 0.506. The Hall–Kier alpha value is -0.530. The van der Waals surface area contributed by atoms with E-state index in [1.165, 1.54) is 18.7 Å². The van der Waals surface area contributed by atoms with Crippen molar-refractivity contribution in [2.45, 2.75) is 23.1 Å². The molecular formula is C8H13N3O2S2. The first-order valence-electron chi connectivity index (χ1n) is 4.79. The fraction of sp³-hybridized carbons (Fsp3) is 0.625. The van der Waals surface area contributed by atoms with Gasteiger partial charge in [-0.05, 0) is 24.7 Å². The number of nitrogens with zero attached hydrogens (tertiary/aromatic N) is 1. The molecule has 2 N–H and O–H groups in total. The molecule has 1 aromatic rings. The van der Waals surface area contributed by atoms with Crippen molar-refractivity contribution in [1.82, 2.24) is 14.9 Å². The van der Waals surface area contributed by atoms with Gasteiger partial charge in [0.15, 0.2) is 5.03 Å². The number of aromatic amines is 1. The maximum atomic E-state index is 11.7. The van der Waals surface area contributed by atoms with Crippen molar-refractivity contribution >= 4 is 21.8 Å². The molecule has 5 nitrogen and oxygen atoms in total. The van der Waals surface area contributed by atoms with Gasteiger partial charge >= 0.3 is 0 Å².